The predicted molar refractivity (Wildman–Crippen MR) is 120 cm³/mol. The van der Waals surface area contributed by atoms with E-state index in [9.17, 15) is 9.59 Å². The van der Waals surface area contributed by atoms with Gasteiger partial charge in [-0.3, -0.25) is 4.79 Å². The molecule has 0 saturated heterocycles. The van der Waals surface area contributed by atoms with Crippen LogP contribution in [0.15, 0.2) is 47.5 Å². The van der Waals surface area contributed by atoms with Crippen LogP contribution in [0.1, 0.15) is 41.5 Å². The molecule has 0 unspecified atom stereocenters. The number of methoxy groups -OCH3 is 1. The molecule has 8 heteroatoms. The second kappa shape index (κ2) is 10.4. The third-order valence-corrected chi connectivity index (χ3v) is 5.48. The summed E-state index contributed by atoms with van der Waals surface area (Å²) in [5.74, 6) is -0.0500. The van der Waals surface area contributed by atoms with Gasteiger partial charge in [0.15, 0.2) is 4.80 Å². The highest BCUT2D eigenvalue weighted by atomic mass is 32.1. The van der Waals surface area contributed by atoms with Crippen molar-refractivity contribution < 1.29 is 23.8 Å². The lowest BCUT2D eigenvalue weighted by atomic mass is 10.2. The first-order valence-corrected chi connectivity index (χ1v) is 10.9. The highest BCUT2D eigenvalue weighted by molar-refractivity contribution is 7.16. The Bertz CT molecular complexity index is 1130. The van der Waals surface area contributed by atoms with E-state index < -0.39 is 5.97 Å². The number of carbonyl (C=O) groups is 2. The smallest absolute Gasteiger partial charge is 0.337 e. The molecule has 164 valence electrons. The molecule has 31 heavy (non-hydrogen) atoms. The number of carbonyl (C=O) groups excluding carboxylic acids is 2. The van der Waals surface area contributed by atoms with Crippen molar-refractivity contribution in [2.45, 2.75) is 33.4 Å². The predicted octanol–water partition coefficient (Wildman–Crippen LogP) is 4.05. The largest absolute Gasteiger partial charge is 0.491 e. The normalized spacial score (nSPS) is 11.8. The first-order chi connectivity index (χ1) is 14.9. The highest BCUT2D eigenvalue weighted by Crippen LogP contribution is 2.20. The van der Waals surface area contributed by atoms with E-state index in [-0.39, 0.29) is 12.0 Å². The molecule has 0 spiro atoms. The molecule has 0 aliphatic heterocycles. The Balaban J connectivity index is 1.99. The van der Waals surface area contributed by atoms with Gasteiger partial charge in [-0.25, -0.2) is 4.79 Å². The van der Waals surface area contributed by atoms with Crippen molar-refractivity contribution in [3.05, 3.63) is 58.4 Å². The van der Waals surface area contributed by atoms with Gasteiger partial charge in [0, 0.05) is 18.7 Å². The quantitative estimate of drug-likeness (QED) is 0.388. The third kappa shape index (κ3) is 5.59. The topological polar surface area (TPSA) is 79.1 Å². The SMILES string of the molecule is CCOCCn1c(=NC(=O)c2ccc(OC(C)C)cc2)sc2cc(C(=O)OC)ccc21. The van der Waals surface area contributed by atoms with Crippen molar-refractivity contribution in [2.75, 3.05) is 20.3 Å². The fraction of sp³-hybridized carbons (Fsp3) is 0.348. The van der Waals surface area contributed by atoms with Crippen molar-refractivity contribution in [2.24, 2.45) is 4.99 Å². The number of fused-ring (bicyclic) bond motifs is 1. The maximum absolute atomic E-state index is 12.8. The van der Waals surface area contributed by atoms with Gasteiger partial charge in [-0.2, -0.15) is 4.99 Å². The summed E-state index contributed by atoms with van der Waals surface area (Å²) >= 11 is 1.35. The lowest BCUT2D eigenvalue weighted by Crippen LogP contribution is -2.19. The highest BCUT2D eigenvalue weighted by Gasteiger charge is 2.13. The van der Waals surface area contributed by atoms with Crippen LogP contribution in [-0.2, 0) is 16.0 Å². The summed E-state index contributed by atoms with van der Waals surface area (Å²) < 4.78 is 18.7. The van der Waals surface area contributed by atoms with Crippen LogP contribution in [0.4, 0.5) is 0 Å². The van der Waals surface area contributed by atoms with Gasteiger partial charge in [-0.1, -0.05) is 11.3 Å². The van der Waals surface area contributed by atoms with Crippen LogP contribution in [0.2, 0.25) is 0 Å². The van der Waals surface area contributed by atoms with Crippen LogP contribution in [-0.4, -0.2) is 42.9 Å². The molecule has 0 aliphatic rings. The molecule has 0 aliphatic carbocycles. The van der Waals surface area contributed by atoms with E-state index in [4.69, 9.17) is 14.2 Å². The van der Waals surface area contributed by atoms with E-state index in [1.165, 1.54) is 18.4 Å². The van der Waals surface area contributed by atoms with E-state index in [0.717, 1.165) is 10.2 Å². The van der Waals surface area contributed by atoms with E-state index >= 15 is 0 Å². The molecular formula is C23H26N2O5S. The monoisotopic (exact) mass is 442 g/mol. The second-order valence-corrected chi connectivity index (χ2v) is 8.02. The Kier molecular flexibility index (Phi) is 7.59. The molecule has 3 aromatic rings. The molecule has 2 aromatic carbocycles. The van der Waals surface area contributed by atoms with Crippen LogP contribution in [0.5, 0.6) is 5.75 Å². The van der Waals surface area contributed by atoms with Crippen LogP contribution >= 0.6 is 11.3 Å². The zero-order valence-corrected chi connectivity index (χ0v) is 18.9. The van der Waals surface area contributed by atoms with Crippen LogP contribution in [0, 0.1) is 0 Å². The maximum atomic E-state index is 12.8. The van der Waals surface area contributed by atoms with Crippen molar-refractivity contribution in [1.82, 2.24) is 4.57 Å². The molecule has 0 saturated carbocycles. The lowest BCUT2D eigenvalue weighted by molar-refractivity contribution is 0.0600. The first-order valence-electron chi connectivity index (χ1n) is 10.1. The van der Waals surface area contributed by atoms with Gasteiger partial charge < -0.3 is 18.8 Å². The van der Waals surface area contributed by atoms with Gasteiger partial charge in [0.1, 0.15) is 5.75 Å². The zero-order chi connectivity index (χ0) is 22.4. The molecule has 0 N–H and O–H groups in total. The van der Waals surface area contributed by atoms with Gasteiger partial charge in [0.25, 0.3) is 5.91 Å². The van der Waals surface area contributed by atoms with Gasteiger partial charge in [0.2, 0.25) is 0 Å². The van der Waals surface area contributed by atoms with E-state index in [0.29, 0.717) is 41.4 Å². The summed E-state index contributed by atoms with van der Waals surface area (Å²) in [5, 5.41) is 0. The van der Waals surface area contributed by atoms with Crippen molar-refractivity contribution in [3.63, 3.8) is 0 Å². The Labute approximate surface area is 184 Å². The summed E-state index contributed by atoms with van der Waals surface area (Å²) in [5.41, 5.74) is 1.80. The molecule has 1 amide bonds. The Hall–Kier alpha value is -2.97. The average Bonchev–Trinajstić information content (AvgIpc) is 3.09. The first kappa shape index (κ1) is 22.7. The number of ether oxygens (including phenoxy) is 3. The third-order valence-electron chi connectivity index (χ3n) is 4.44. The maximum Gasteiger partial charge on any atom is 0.337 e. The van der Waals surface area contributed by atoms with Crippen LogP contribution in [0.25, 0.3) is 10.2 Å². The van der Waals surface area contributed by atoms with Gasteiger partial charge in [-0.15, -0.1) is 0 Å². The minimum atomic E-state index is -0.408. The number of hydrogen-bond acceptors (Lipinski definition) is 6. The molecule has 1 heterocycles. The number of aromatic nitrogens is 1. The van der Waals surface area contributed by atoms with Crippen LogP contribution < -0.4 is 9.54 Å². The number of amides is 1. The number of rotatable bonds is 8. The summed E-state index contributed by atoms with van der Waals surface area (Å²) in [4.78, 5) is 29.6. The molecule has 3 rings (SSSR count). The second-order valence-electron chi connectivity index (χ2n) is 7.02. The van der Waals surface area contributed by atoms with Gasteiger partial charge in [0.05, 0.1) is 35.6 Å². The average molecular weight is 443 g/mol. The molecule has 0 radical (unpaired) electrons. The summed E-state index contributed by atoms with van der Waals surface area (Å²) in [6.07, 6.45) is 0.0592. The number of hydrogen-bond donors (Lipinski definition) is 0. The molecule has 7 nitrogen and oxygen atoms in total. The Morgan fingerprint density at radius 2 is 1.81 bits per heavy atom. The van der Waals surface area contributed by atoms with E-state index in [1.54, 1.807) is 36.4 Å². The van der Waals surface area contributed by atoms with Crippen molar-refractivity contribution in [3.8, 4) is 5.75 Å². The van der Waals surface area contributed by atoms with Gasteiger partial charge >= 0.3 is 5.97 Å². The molecule has 1 aromatic heterocycles. The van der Waals surface area contributed by atoms with E-state index in [1.807, 2.05) is 31.4 Å². The van der Waals surface area contributed by atoms with Crippen molar-refractivity contribution >= 4 is 33.4 Å². The minimum Gasteiger partial charge on any atom is -0.491 e. The summed E-state index contributed by atoms with van der Waals surface area (Å²) in [6.45, 7) is 7.46. The molecule has 0 bridgehead atoms. The standard InChI is InChI=1S/C23H26N2O5S/c1-5-29-13-12-25-19-11-8-17(22(27)28-4)14-20(19)31-23(25)24-21(26)16-6-9-18(10-7-16)30-15(2)3/h6-11,14-15H,5,12-13H2,1-4H3. The minimum absolute atomic E-state index is 0.0592. The zero-order valence-electron chi connectivity index (χ0n) is 18.1. The number of esters is 1. The van der Waals surface area contributed by atoms with Crippen LogP contribution in [0.3, 0.4) is 0 Å². The molecule has 0 atom stereocenters. The Morgan fingerprint density at radius 3 is 2.45 bits per heavy atom. The van der Waals surface area contributed by atoms with Gasteiger partial charge in [-0.05, 0) is 63.2 Å². The summed E-state index contributed by atoms with van der Waals surface area (Å²) in [6, 6.07) is 12.2. The summed E-state index contributed by atoms with van der Waals surface area (Å²) in [7, 11) is 1.35. The van der Waals surface area contributed by atoms with E-state index in [2.05, 4.69) is 4.99 Å². The van der Waals surface area contributed by atoms with Crippen molar-refractivity contribution in [1.29, 1.82) is 0 Å². The molecular weight excluding hydrogens is 416 g/mol. The number of benzene rings is 2. The number of thiazole rings is 1. The molecule has 0 fully saturated rings. The fourth-order valence-corrected chi connectivity index (χ4v) is 4.11. The Morgan fingerprint density at radius 1 is 1.10 bits per heavy atom. The number of nitrogens with zero attached hydrogens (tertiary/aromatic N) is 2. The lowest BCUT2D eigenvalue weighted by Gasteiger charge is -2.09. The fourth-order valence-electron chi connectivity index (χ4n) is 3.02.